The number of hydrazine groups is 1. The molecule has 0 unspecified atom stereocenters. The lowest BCUT2D eigenvalue weighted by Crippen LogP contribution is -2.49. The molecule has 0 bridgehead atoms. The minimum atomic E-state index is -0.482. The average Bonchev–Trinajstić information content (AvgIpc) is 2.59. The Morgan fingerprint density at radius 1 is 1.08 bits per heavy atom. The number of carbonyl (C=O) groups excluding carboxylic acids is 2. The summed E-state index contributed by atoms with van der Waals surface area (Å²) in [5, 5.41) is 2.95. The van der Waals surface area contributed by atoms with Crippen LogP contribution >= 0.6 is 55.7 Å². The highest BCUT2D eigenvalue weighted by Crippen LogP contribution is 2.27. The van der Waals surface area contributed by atoms with E-state index in [1.54, 1.807) is 42.5 Å². The van der Waals surface area contributed by atoms with E-state index in [1.165, 1.54) is 0 Å². The second-order valence-electron chi connectivity index (χ2n) is 4.80. The highest BCUT2D eigenvalue weighted by molar-refractivity contribution is 9.10. The zero-order valence-corrected chi connectivity index (χ0v) is 17.8. The van der Waals surface area contributed by atoms with Crippen molar-refractivity contribution in [1.29, 1.82) is 0 Å². The van der Waals surface area contributed by atoms with Crippen molar-refractivity contribution in [3.8, 4) is 5.75 Å². The smallest absolute Gasteiger partial charge is 0.276 e. The zero-order valence-electron chi connectivity index (χ0n) is 13.0. The van der Waals surface area contributed by atoms with Crippen LogP contribution in [0.1, 0.15) is 10.4 Å². The number of benzene rings is 2. The molecule has 0 saturated heterocycles. The van der Waals surface area contributed by atoms with Gasteiger partial charge in [-0.2, -0.15) is 0 Å². The Balaban J connectivity index is 1.77. The van der Waals surface area contributed by atoms with Gasteiger partial charge in [0, 0.05) is 9.50 Å². The zero-order chi connectivity index (χ0) is 19.1. The Labute approximate surface area is 176 Å². The van der Waals surface area contributed by atoms with Gasteiger partial charge in [-0.15, -0.1) is 0 Å². The summed E-state index contributed by atoms with van der Waals surface area (Å²) in [4.78, 5) is 23.9. The summed E-state index contributed by atoms with van der Waals surface area (Å²) in [6, 6.07) is 11.8. The maximum absolute atomic E-state index is 12.1. The lowest BCUT2D eigenvalue weighted by molar-refractivity contribution is -0.123. The fourth-order valence-corrected chi connectivity index (χ4v) is 3.15. The van der Waals surface area contributed by atoms with Crippen LogP contribution in [-0.2, 0) is 4.79 Å². The number of rotatable bonds is 4. The summed E-state index contributed by atoms with van der Waals surface area (Å²) in [5.74, 6) is -0.427. The molecular weight excluding hydrogens is 510 g/mol. The largest absolute Gasteiger partial charge is 0.483 e. The second kappa shape index (κ2) is 9.86. The molecule has 3 N–H and O–H groups in total. The monoisotopic (exact) mass is 519 g/mol. The highest BCUT2D eigenvalue weighted by Gasteiger charge is 2.11. The first-order valence-electron chi connectivity index (χ1n) is 7.09. The summed E-state index contributed by atoms with van der Waals surface area (Å²) >= 11 is 17.4. The first-order valence-corrected chi connectivity index (χ1v) is 9.46. The predicted molar refractivity (Wildman–Crippen MR) is 110 cm³/mol. The van der Waals surface area contributed by atoms with E-state index < -0.39 is 11.8 Å². The summed E-state index contributed by atoms with van der Waals surface area (Å²) in [6.45, 7) is -0.256. The molecule has 0 saturated carbocycles. The number of ether oxygens (including phenoxy) is 1. The van der Waals surface area contributed by atoms with Crippen molar-refractivity contribution in [2.75, 3.05) is 6.61 Å². The number of nitrogens with one attached hydrogen (secondary N) is 3. The molecule has 0 atom stereocenters. The average molecular weight is 522 g/mol. The van der Waals surface area contributed by atoms with Crippen molar-refractivity contribution >= 4 is 72.6 Å². The van der Waals surface area contributed by atoms with E-state index in [2.05, 4.69) is 48.0 Å². The van der Waals surface area contributed by atoms with Gasteiger partial charge in [0.2, 0.25) is 0 Å². The van der Waals surface area contributed by atoms with Crippen LogP contribution in [0.5, 0.6) is 5.75 Å². The Morgan fingerprint density at radius 2 is 1.81 bits per heavy atom. The fraction of sp³-hybridized carbons (Fsp3) is 0.0625. The van der Waals surface area contributed by atoms with Gasteiger partial charge < -0.3 is 4.74 Å². The van der Waals surface area contributed by atoms with Gasteiger partial charge in [0.05, 0.1) is 10.0 Å². The molecule has 0 aliphatic heterocycles. The molecule has 26 heavy (non-hydrogen) atoms. The topological polar surface area (TPSA) is 79.5 Å². The van der Waals surface area contributed by atoms with E-state index in [0.29, 0.717) is 25.3 Å². The molecule has 0 spiro atoms. The van der Waals surface area contributed by atoms with Crippen molar-refractivity contribution in [2.45, 2.75) is 0 Å². The lowest BCUT2D eigenvalue weighted by Gasteiger charge is -2.12. The van der Waals surface area contributed by atoms with Crippen LogP contribution in [0.4, 0.5) is 0 Å². The molecule has 0 aliphatic carbocycles. The molecule has 136 valence electrons. The Kier molecular flexibility index (Phi) is 7.83. The molecule has 2 aromatic carbocycles. The predicted octanol–water partition coefficient (Wildman–Crippen LogP) is 3.58. The fourth-order valence-electron chi connectivity index (χ4n) is 1.75. The van der Waals surface area contributed by atoms with Crippen molar-refractivity contribution in [3.05, 3.63) is 62.0 Å². The summed E-state index contributed by atoms with van der Waals surface area (Å²) < 4.78 is 6.62. The SMILES string of the molecule is O=C(COc1ccc(Cl)cc1Br)NNC(=S)NC(=O)c1ccccc1Br. The quantitative estimate of drug-likeness (QED) is 0.424. The van der Waals surface area contributed by atoms with Crippen LogP contribution in [0, 0.1) is 0 Å². The first-order chi connectivity index (χ1) is 12.4. The number of hydrogen-bond acceptors (Lipinski definition) is 4. The molecule has 10 heteroatoms. The van der Waals surface area contributed by atoms with Gasteiger partial charge >= 0.3 is 0 Å². The number of carbonyl (C=O) groups is 2. The molecule has 2 rings (SSSR count). The molecule has 0 aliphatic rings. The van der Waals surface area contributed by atoms with Crippen molar-refractivity contribution in [2.24, 2.45) is 0 Å². The van der Waals surface area contributed by atoms with Crippen LogP contribution in [-0.4, -0.2) is 23.5 Å². The van der Waals surface area contributed by atoms with Crippen LogP contribution in [0.3, 0.4) is 0 Å². The molecule has 2 amide bonds. The van der Waals surface area contributed by atoms with E-state index in [-0.39, 0.29) is 11.7 Å². The molecule has 2 aromatic rings. The third-order valence-electron chi connectivity index (χ3n) is 2.91. The van der Waals surface area contributed by atoms with Crippen molar-refractivity contribution in [3.63, 3.8) is 0 Å². The van der Waals surface area contributed by atoms with E-state index in [4.69, 9.17) is 28.6 Å². The third kappa shape index (κ3) is 6.24. The minimum absolute atomic E-state index is 0.0493. The van der Waals surface area contributed by atoms with Crippen molar-refractivity contribution < 1.29 is 14.3 Å². The maximum atomic E-state index is 12.1. The van der Waals surface area contributed by atoms with Crippen LogP contribution in [0.15, 0.2) is 51.4 Å². The number of halogens is 3. The van der Waals surface area contributed by atoms with Crippen LogP contribution < -0.4 is 20.9 Å². The number of amides is 2. The normalized spacial score (nSPS) is 9.96. The number of hydrogen-bond donors (Lipinski definition) is 3. The van der Waals surface area contributed by atoms with Gasteiger partial charge in [-0.25, -0.2) is 0 Å². The molecule has 0 radical (unpaired) electrons. The van der Waals surface area contributed by atoms with E-state index in [1.807, 2.05) is 0 Å². The Bertz CT molecular complexity index is 851. The number of thiocarbonyl (C=S) groups is 1. The van der Waals surface area contributed by atoms with Crippen molar-refractivity contribution in [1.82, 2.24) is 16.2 Å². The van der Waals surface area contributed by atoms with Crippen LogP contribution in [0.2, 0.25) is 5.02 Å². The van der Waals surface area contributed by atoms with Gasteiger partial charge in [-0.1, -0.05) is 23.7 Å². The minimum Gasteiger partial charge on any atom is -0.483 e. The van der Waals surface area contributed by atoms with Gasteiger partial charge in [-0.3, -0.25) is 25.8 Å². The van der Waals surface area contributed by atoms with Gasteiger partial charge in [0.1, 0.15) is 5.75 Å². The first kappa shape index (κ1) is 20.6. The lowest BCUT2D eigenvalue weighted by atomic mass is 10.2. The summed E-state index contributed by atoms with van der Waals surface area (Å²) in [5.41, 5.74) is 5.18. The van der Waals surface area contributed by atoms with Gasteiger partial charge in [0.15, 0.2) is 11.7 Å². The third-order valence-corrected chi connectivity index (χ3v) is 4.66. The molecule has 0 heterocycles. The molecular formula is C16H12Br2ClN3O3S. The van der Waals surface area contributed by atoms with E-state index in [9.17, 15) is 9.59 Å². The Hall–Kier alpha value is -1.68. The van der Waals surface area contributed by atoms with Gasteiger partial charge in [0.25, 0.3) is 11.8 Å². The van der Waals surface area contributed by atoms with Gasteiger partial charge in [-0.05, 0) is 74.4 Å². The standard InChI is InChI=1S/C16H12Br2ClN3O3S/c17-11-4-2-1-3-10(11)15(24)20-16(26)22-21-14(23)8-25-13-6-5-9(19)7-12(13)18/h1-7H,8H2,(H,21,23)(H2,20,22,24,26). The molecule has 0 aromatic heterocycles. The molecule has 6 nitrogen and oxygen atoms in total. The summed E-state index contributed by atoms with van der Waals surface area (Å²) in [6.07, 6.45) is 0. The van der Waals surface area contributed by atoms with Crippen LogP contribution in [0.25, 0.3) is 0 Å². The highest BCUT2D eigenvalue weighted by atomic mass is 79.9. The second-order valence-corrected chi connectivity index (χ2v) is 7.35. The summed E-state index contributed by atoms with van der Waals surface area (Å²) in [7, 11) is 0. The molecule has 0 fully saturated rings. The Morgan fingerprint density at radius 3 is 2.50 bits per heavy atom. The maximum Gasteiger partial charge on any atom is 0.276 e. The van der Waals surface area contributed by atoms with E-state index in [0.717, 1.165) is 0 Å². The van der Waals surface area contributed by atoms with E-state index >= 15 is 0 Å².